The van der Waals surface area contributed by atoms with Crippen LogP contribution in [-0.2, 0) is 4.74 Å². The molecule has 0 saturated carbocycles. The van der Waals surface area contributed by atoms with Crippen LogP contribution in [0.15, 0.2) is 22.2 Å². The number of H-pyrrole nitrogens is 1. The van der Waals surface area contributed by atoms with Crippen LogP contribution in [0, 0.1) is 25.2 Å². The highest BCUT2D eigenvalue weighted by Crippen LogP contribution is 2.37. The van der Waals surface area contributed by atoms with Crippen molar-refractivity contribution >= 4 is 33.8 Å². The fraction of sp³-hybridized carbons (Fsp3) is 0.318. The molecule has 0 unspecified atom stereocenters. The van der Waals surface area contributed by atoms with E-state index in [1.807, 2.05) is 13.0 Å². The van der Waals surface area contributed by atoms with Crippen LogP contribution in [0.4, 0.5) is 0 Å². The first-order valence-electron chi connectivity index (χ1n) is 9.32. The molecule has 0 aliphatic carbocycles. The second-order valence-electron chi connectivity index (χ2n) is 6.31. The molecule has 8 heteroatoms. The molecule has 1 aromatic carbocycles. The predicted molar refractivity (Wildman–Crippen MR) is 116 cm³/mol. The molecular weight excluding hydrogens is 452 g/mol. The van der Waals surface area contributed by atoms with Crippen LogP contribution in [0.5, 0.6) is 11.5 Å². The first-order valence-corrected chi connectivity index (χ1v) is 10.1. The molecule has 0 saturated heterocycles. The van der Waals surface area contributed by atoms with E-state index in [0.29, 0.717) is 39.5 Å². The molecule has 2 rings (SSSR count). The number of hydrogen-bond donors (Lipinski definition) is 1. The summed E-state index contributed by atoms with van der Waals surface area (Å²) in [5.41, 5.74) is 1.72. The van der Waals surface area contributed by atoms with Gasteiger partial charge >= 0.3 is 5.97 Å². The van der Waals surface area contributed by atoms with Crippen molar-refractivity contribution < 1.29 is 23.8 Å². The number of ketones is 1. The summed E-state index contributed by atoms with van der Waals surface area (Å²) in [5.74, 6) is -0.177. The summed E-state index contributed by atoms with van der Waals surface area (Å²) in [5, 5.41) is 9.65. The Hall–Kier alpha value is -3.05. The number of esters is 1. The second-order valence-corrected chi connectivity index (χ2v) is 7.17. The lowest BCUT2D eigenvalue weighted by Crippen LogP contribution is -2.13. The number of aryl methyl sites for hydroxylation is 2. The predicted octanol–water partition coefficient (Wildman–Crippen LogP) is 4.77. The summed E-state index contributed by atoms with van der Waals surface area (Å²) in [7, 11) is 1.51. The van der Waals surface area contributed by atoms with Gasteiger partial charge in [-0.25, -0.2) is 4.79 Å². The molecule has 0 aliphatic rings. The van der Waals surface area contributed by atoms with Crippen molar-refractivity contribution in [2.75, 3.05) is 20.3 Å². The van der Waals surface area contributed by atoms with E-state index in [1.54, 1.807) is 32.9 Å². The third-order valence-corrected chi connectivity index (χ3v) is 4.89. The largest absolute Gasteiger partial charge is 0.493 e. The maximum absolute atomic E-state index is 13.2. The number of Topliss-reactive ketones (excluding diaryl/α,β-unsaturated/α-hetero) is 1. The Bertz CT molecular complexity index is 1050. The fourth-order valence-electron chi connectivity index (χ4n) is 3.08. The summed E-state index contributed by atoms with van der Waals surface area (Å²) in [6, 6.07) is 5.33. The topological polar surface area (TPSA) is 101 Å². The van der Waals surface area contributed by atoms with E-state index >= 15 is 0 Å². The number of halogens is 1. The van der Waals surface area contributed by atoms with Gasteiger partial charge < -0.3 is 19.2 Å². The molecule has 0 spiro atoms. The summed E-state index contributed by atoms with van der Waals surface area (Å²) >= 11 is 3.43. The number of nitrogens with zero attached hydrogens (tertiary/aromatic N) is 1. The van der Waals surface area contributed by atoms with Crippen LogP contribution >= 0.6 is 15.9 Å². The summed E-state index contributed by atoms with van der Waals surface area (Å²) in [4.78, 5) is 28.5. The van der Waals surface area contributed by atoms with Crippen molar-refractivity contribution in [1.82, 2.24) is 4.98 Å². The minimum atomic E-state index is -0.606. The van der Waals surface area contributed by atoms with Gasteiger partial charge in [0.15, 0.2) is 11.5 Å². The molecule has 0 amide bonds. The van der Waals surface area contributed by atoms with Crippen LogP contribution in [-0.4, -0.2) is 37.1 Å². The highest BCUT2D eigenvalue weighted by Gasteiger charge is 2.27. The molecular formula is C22H23BrN2O5. The Morgan fingerprint density at radius 2 is 1.83 bits per heavy atom. The molecule has 0 fully saturated rings. The third kappa shape index (κ3) is 4.74. The molecule has 0 bridgehead atoms. The van der Waals surface area contributed by atoms with E-state index in [2.05, 4.69) is 20.9 Å². The van der Waals surface area contributed by atoms with Gasteiger partial charge in [-0.15, -0.1) is 0 Å². The fourth-order valence-corrected chi connectivity index (χ4v) is 3.66. The number of carbonyl (C=O) groups is 2. The number of aromatic amines is 1. The molecule has 1 heterocycles. The molecule has 158 valence electrons. The van der Waals surface area contributed by atoms with Crippen molar-refractivity contribution in [1.29, 1.82) is 5.26 Å². The van der Waals surface area contributed by atoms with E-state index in [4.69, 9.17) is 14.2 Å². The zero-order valence-corrected chi connectivity index (χ0v) is 19.1. The standard InChI is InChI=1S/C22H23BrN2O5/c1-6-29-21-16(23)9-14(10-17(21)28-5)8-15(11-24)20(26)18-12(3)25-13(4)19(18)22(27)30-7-2/h8-10,25H,6-7H2,1-5H3/b15-8+. The van der Waals surface area contributed by atoms with E-state index < -0.39 is 11.8 Å². The van der Waals surface area contributed by atoms with Crippen molar-refractivity contribution in [2.24, 2.45) is 0 Å². The van der Waals surface area contributed by atoms with Gasteiger partial charge in [-0.05, 0) is 67.4 Å². The number of carbonyl (C=O) groups excluding carboxylic acids is 2. The molecule has 1 N–H and O–H groups in total. The monoisotopic (exact) mass is 474 g/mol. The highest BCUT2D eigenvalue weighted by atomic mass is 79.9. The Kier molecular flexibility index (Phi) is 7.84. The van der Waals surface area contributed by atoms with E-state index in [-0.39, 0.29) is 23.3 Å². The van der Waals surface area contributed by atoms with Gasteiger partial charge in [-0.1, -0.05) is 0 Å². The first-order chi connectivity index (χ1) is 14.3. The number of rotatable bonds is 8. The molecule has 1 aromatic heterocycles. The Labute approximate surface area is 183 Å². The number of nitriles is 1. The van der Waals surface area contributed by atoms with Gasteiger partial charge in [-0.3, -0.25) is 4.79 Å². The van der Waals surface area contributed by atoms with Crippen LogP contribution in [0.1, 0.15) is 51.5 Å². The average Bonchev–Trinajstić information content (AvgIpc) is 3.01. The van der Waals surface area contributed by atoms with E-state index in [1.165, 1.54) is 13.2 Å². The SMILES string of the molecule is CCOC(=O)c1c(C)[nH]c(C)c1C(=O)/C(C#N)=C/c1cc(Br)c(OCC)c(OC)c1. The van der Waals surface area contributed by atoms with Gasteiger partial charge in [0.2, 0.25) is 5.78 Å². The van der Waals surface area contributed by atoms with Gasteiger partial charge in [0.05, 0.1) is 35.9 Å². The lowest BCUT2D eigenvalue weighted by molar-refractivity contribution is 0.0523. The van der Waals surface area contributed by atoms with Crippen LogP contribution in [0.25, 0.3) is 6.08 Å². The molecule has 0 aliphatic heterocycles. The maximum Gasteiger partial charge on any atom is 0.340 e. The number of methoxy groups -OCH3 is 1. The number of aromatic nitrogens is 1. The van der Waals surface area contributed by atoms with Crippen LogP contribution in [0.3, 0.4) is 0 Å². The molecule has 2 aromatic rings. The number of allylic oxidation sites excluding steroid dienone is 1. The zero-order chi connectivity index (χ0) is 22.4. The minimum absolute atomic E-state index is 0.124. The first kappa shape index (κ1) is 23.2. The lowest BCUT2D eigenvalue weighted by Gasteiger charge is -2.12. The summed E-state index contributed by atoms with van der Waals surface area (Å²) in [6.07, 6.45) is 1.45. The van der Waals surface area contributed by atoms with Crippen LogP contribution < -0.4 is 9.47 Å². The number of ether oxygens (including phenoxy) is 3. The normalized spacial score (nSPS) is 11.0. The number of nitrogens with one attached hydrogen (secondary N) is 1. The molecule has 30 heavy (non-hydrogen) atoms. The number of benzene rings is 1. The average molecular weight is 475 g/mol. The van der Waals surface area contributed by atoms with Gasteiger partial charge in [-0.2, -0.15) is 5.26 Å². The van der Waals surface area contributed by atoms with Gasteiger partial charge in [0.25, 0.3) is 0 Å². The number of hydrogen-bond acceptors (Lipinski definition) is 6. The smallest absolute Gasteiger partial charge is 0.340 e. The Morgan fingerprint density at radius 3 is 2.40 bits per heavy atom. The zero-order valence-electron chi connectivity index (χ0n) is 17.5. The second kappa shape index (κ2) is 10.1. The van der Waals surface area contributed by atoms with Gasteiger partial charge in [0.1, 0.15) is 11.6 Å². The van der Waals surface area contributed by atoms with Crippen molar-refractivity contribution in [3.05, 3.63) is 50.3 Å². The molecule has 7 nitrogen and oxygen atoms in total. The highest BCUT2D eigenvalue weighted by molar-refractivity contribution is 9.10. The molecule has 0 atom stereocenters. The van der Waals surface area contributed by atoms with Crippen LogP contribution in [0.2, 0.25) is 0 Å². The van der Waals surface area contributed by atoms with Crippen molar-refractivity contribution in [3.63, 3.8) is 0 Å². The molecule has 0 radical (unpaired) electrons. The minimum Gasteiger partial charge on any atom is -0.493 e. The summed E-state index contributed by atoms with van der Waals surface area (Å²) in [6.45, 7) is 7.53. The van der Waals surface area contributed by atoms with Gasteiger partial charge in [0, 0.05) is 11.4 Å². The Morgan fingerprint density at radius 1 is 1.17 bits per heavy atom. The lowest BCUT2D eigenvalue weighted by atomic mass is 9.98. The van der Waals surface area contributed by atoms with E-state index in [9.17, 15) is 14.9 Å². The summed E-state index contributed by atoms with van der Waals surface area (Å²) < 4.78 is 16.6. The quantitative estimate of drug-likeness (QED) is 0.256. The Balaban J connectivity index is 2.56. The van der Waals surface area contributed by atoms with Crippen molar-refractivity contribution in [2.45, 2.75) is 27.7 Å². The third-order valence-electron chi connectivity index (χ3n) is 4.30. The van der Waals surface area contributed by atoms with E-state index in [0.717, 1.165) is 0 Å². The maximum atomic E-state index is 13.2. The van der Waals surface area contributed by atoms with Crippen molar-refractivity contribution in [3.8, 4) is 17.6 Å².